The molecule has 3 fully saturated rings. The minimum Gasteiger partial charge on any atom is -0.469 e. The van der Waals surface area contributed by atoms with Crippen molar-refractivity contribution in [2.75, 3.05) is 21.0 Å². The van der Waals surface area contributed by atoms with Gasteiger partial charge in [0.25, 0.3) is 0 Å². The summed E-state index contributed by atoms with van der Waals surface area (Å²) >= 11 is 0. The zero-order valence-electron chi connectivity index (χ0n) is 22.9. The lowest BCUT2D eigenvalue weighted by molar-refractivity contribution is -0.169. The van der Waals surface area contributed by atoms with Crippen molar-refractivity contribution in [2.45, 2.75) is 105 Å². The van der Waals surface area contributed by atoms with Crippen LogP contribution in [-0.4, -0.2) is 38.9 Å². The van der Waals surface area contributed by atoms with E-state index in [1.807, 2.05) is 0 Å². The standard InChI is InChI=1S/C29H50O5/c1-19(2)9-8-10-20(3)22-11-12-23-26(30)24(14-16-28(22,23)4)29(5)15-13-21(34-18-32-6)17-25(29)27(31)33-7/h19-25H,8-18H2,1-7H3/t20-,21+,22-,23+,24+,25-,28-,29-/m1/s1. The number of ketones is 1. The molecule has 0 radical (unpaired) electrons. The smallest absolute Gasteiger partial charge is 0.309 e. The van der Waals surface area contributed by atoms with Crippen LogP contribution in [0.15, 0.2) is 0 Å². The Balaban J connectivity index is 1.74. The summed E-state index contributed by atoms with van der Waals surface area (Å²) < 4.78 is 16.1. The van der Waals surface area contributed by atoms with Crippen LogP contribution in [0.2, 0.25) is 0 Å². The zero-order valence-corrected chi connectivity index (χ0v) is 22.9. The van der Waals surface area contributed by atoms with Gasteiger partial charge in [-0.05, 0) is 73.5 Å². The van der Waals surface area contributed by atoms with Crippen molar-refractivity contribution in [1.82, 2.24) is 0 Å². The summed E-state index contributed by atoms with van der Waals surface area (Å²) in [5, 5.41) is 0. The Morgan fingerprint density at radius 2 is 1.65 bits per heavy atom. The minimum absolute atomic E-state index is 0.0244. The average Bonchev–Trinajstić information content (AvgIpc) is 3.15. The molecule has 0 aromatic rings. The molecule has 34 heavy (non-hydrogen) atoms. The minimum atomic E-state index is -0.362. The highest BCUT2D eigenvalue weighted by Gasteiger charge is 2.60. The molecule has 0 aromatic heterocycles. The highest BCUT2D eigenvalue weighted by Crippen LogP contribution is 2.62. The molecule has 3 aliphatic rings. The Morgan fingerprint density at radius 3 is 2.29 bits per heavy atom. The van der Waals surface area contributed by atoms with E-state index in [9.17, 15) is 9.59 Å². The van der Waals surface area contributed by atoms with Gasteiger partial charge in [0.2, 0.25) is 0 Å². The van der Waals surface area contributed by atoms with Gasteiger partial charge < -0.3 is 14.2 Å². The van der Waals surface area contributed by atoms with Crippen molar-refractivity contribution in [3.63, 3.8) is 0 Å². The van der Waals surface area contributed by atoms with Crippen LogP contribution in [0.3, 0.4) is 0 Å². The number of esters is 1. The average molecular weight is 479 g/mol. The molecule has 0 spiro atoms. The van der Waals surface area contributed by atoms with Crippen LogP contribution in [0.25, 0.3) is 0 Å². The lowest BCUT2D eigenvalue weighted by Gasteiger charge is -2.52. The second-order valence-corrected chi connectivity index (χ2v) is 12.6. The molecule has 0 unspecified atom stereocenters. The topological polar surface area (TPSA) is 61.8 Å². The number of hydrogen-bond acceptors (Lipinski definition) is 5. The first-order chi connectivity index (χ1) is 16.1. The van der Waals surface area contributed by atoms with Crippen molar-refractivity contribution in [3.8, 4) is 0 Å². The monoisotopic (exact) mass is 478 g/mol. The van der Waals surface area contributed by atoms with E-state index >= 15 is 0 Å². The summed E-state index contributed by atoms with van der Waals surface area (Å²) in [6, 6.07) is 0. The van der Waals surface area contributed by atoms with Crippen LogP contribution < -0.4 is 0 Å². The maximum atomic E-state index is 14.1. The molecular weight excluding hydrogens is 428 g/mol. The van der Waals surface area contributed by atoms with Gasteiger partial charge in [0.1, 0.15) is 12.6 Å². The van der Waals surface area contributed by atoms with Gasteiger partial charge in [-0.25, -0.2) is 0 Å². The molecule has 3 aliphatic carbocycles. The summed E-state index contributed by atoms with van der Waals surface area (Å²) in [6.45, 7) is 11.8. The molecule has 0 saturated heterocycles. The van der Waals surface area contributed by atoms with Crippen molar-refractivity contribution < 1.29 is 23.8 Å². The molecular formula is C29H50O5. The van der Waals surface area contributed by atoms with E-state index in [-0.39, 0.29) is 47.4 Å². The fraction of sp³-hybridized carbons (Fsp3) is 0.931. The van der Waals surface area contributed by atoms with Crippen LogP contribution in [0, 0.1) is 46.3 Å². The Kier molecular flexibility index (Phi) is 9.28. The second kappa shape index (κ2) is 11.4. The number of methoxy groups -OCH3 is 2. The van der Waals surface area contributed by atoms with Gasteiger partial charge in [0, 0.05) is 18.9 Å². The lowest BCUT2D eigenvalue weighted by Crippen LogP contribution is -2.53. The largest absolute Gasteiger partial charge is 0.469 e. The van der Waals surface area contributed by atoms with Crippen LogP contribution in [0.4, 0.5) is 0 Å². The molecule has 5 nitrogen and oxygen atoms in total. The van der Waals surface area contributed by atoms with Gasteiger partial charge in [-0.15, -0.1) is 0 Å². The number of rotatable bonds is 10. The number of carbonyl (C=O) groups is 2. The van der Waals surface area contributed by atoms with Crippen molar-refractivity contribution >= 4 is 11.8 Å². The van der Waals surface area contributed by atoms with E-state index in [1.165, 1.54) is 32.8 Å². The molecule has 5 heteroatoms. The quantitative estimate of drug-likeness (QED) is 0.267. The predicted octanol–water partition coefficient (Wildman–Crippen LogP) is 6.43. The van der Waals surface area contributed by atoms with Gasteiger partial charge in [-0.1, -0.05) is 53.9 Å². The molecule has 8 atom stereocenters. The third-order valence-corrected chi connectivity index (χ3v) is 10.2. The molecule has 3 saturated carbocycles. The molecule has 196 valence electrons. The van der Waals surface area contributed by atoms with Crippen LogP contribution in [-0.2, 0) is 23.8 Å². The highest BCUT2D eigenvalue weighted by molar-refractivity contribution is 5.87. The Labute approximate surface area is 208 Å². The summed E-state index contributed by atoms with van der Waals surface area (Å²) in [4.78, 5) is 27.0. The number of carbonyl (C=O) groups excluding carboxylic acids is 2. The maximum absolute atomic E-state index is 14.1. The number of ether oxygens (including phenoxy) is 3. The summed E-state index contributed by atoms with van der Waals surface area (Å²) in [7, 11) is 3.08. The lowest BCUT2D eigenvalue weighted by atomic mass is 9.51. The van der Waals surface area contributed by atoms with Gasteiger partial charge in [-0.2, -0.15) is 0 Å². The molecule has 0 amide bonds. The summed E-state index contributed by atoms with van der Waals surface area (Å²) in [5.41, 5.74) is -0.250. The van der Waals surface area contributed by atoms with E-state index in [4.69, 9.17) is 14.2 Å². The van der Waals surface area contributed by atoms with Gasteiger partial charge in [0.15, 0.2) is 0 Å². The third kappa shape index (κ3) is 5.40. The van der Waals surface area contributed by atoms with Crippen LogP contribution in [0.1, 0.15) is 98.8 Å². The Morgan fingerprint density at radius 1 is 0.971 bits per heavy atom. The first kappa shape index (κ1) is 27.6. The predicted molar refractivity (Wildman–Crippen MR) is 134 cm³/mol. The number of fused-ring (bicyclic) bond motifs is 1. The maximum Gasteiger partial charge on any atom is 0.309 e. The van der Waals surface area contributed by atoms with E-state index in [0.29, 0.717) is 24.0 Å². The van der Waals surface area contributed by atoms with E-state index in [1.54, 1.807) is 7.11 Å². The van der Waals surface area contributed by atoms with Gasteiger partial charge in [0.05, 0.1) is 19.1 Å². The van der Waals surface area contributed by atoms with Crippen molar-refractivity contribution in [3.05, 3.63) is 0 Å². The Hall–Kier alpha value is -0.940. The molecule has 0 N–H and O–H groups in total. The van der Waals surface area contributed by atoms with E-state index < -0.39 is 0 Å². The molecule has 0 bridgehead atoms. The van der Waals surface area contributed by atoms with Crippen molar-refractivity contribution in [1.29, 1.82) is 0 Å². The molecule has 3 rings (SSSR count). The first-order valence-corrected chi connectivity index (χ1v) is 13.8. The second-order valence-electron chi connectivity index (χ2n) is 12.6. The fourth-order valence-corrected chi connectivity index (χ4v) is 8.11. The fourth-order valence-electron chi connectivity index (χ4n) is 8.11. The number of Topliss-reactive ketones (excluding diaryl/α,β-unsaturated/α-hetero) is 1. The first-order valence-electron chi connectivity index (χ1n) is 13.8. The van der Waals surface area contributed by atoms with E-state index in [0.717, 1.165) is 38.0 Å². The van der Waals surface area contributed by atoms with Crippen LogP contribution in [0.5, 0.6) is 0 Å². The highest BCUT2D eigenvalue weighted by atomic mass is 16.7. The van der Waals surface area contributed by atoms with E-state index in [2.05, 4.69) is 34.6 Å². The SMILES string of the molecule is COCO[C@H]1CC[C@](C)([C@H]2CC[C@]3(C)[C@@H]([C@H](C)CCCC(C)C)CC[C@H]3C2=O)[C@@H](C(=O)OC)C1. The van der Waals surface area contributed by atoms with Crippen LogP contribution >= 0.6 is 0 Å². The van der Waals surface area contributed by atoms with Gasteiger partial charge >= 0.3 is 5.97 Å². The number of hydrogen-bond donors (Lipinski definition) is 0. The summed E-state index contributed by atoms with van der Waals surface area (Å²) in [5.74, 6) is 2.07. The third-order valence-electron chi connectivity index (χ3n) is 10.2. The van der Waals surface area contributed by atoms with Crippen molar-refractivity contribution in [2.24, 2.45) is 46.3 Å². The molecule has 0 heterocycles. The molecule has 0 aliphatic heterocycles. The van der Waals surface area contributed by atoms with Gasteiger partial charge in [-0.3, -0.25) is 9.59 Å². The normalized spacial score (nSPS) is 39.2. The Bertz CT molecular complexity index is 705. The zero-order chi connectivity index (χ0) is 25.1. The summed E-state index contributed by atoms with van der Waals surface area (Å²) in [6.07, 6.45) is 10.3. The molecule has 0 aromatic carbocycles.